The highest BCUT2D eigenvalue weighted by molar-refractivity contribution is 6.33. The van der Waals surface area contributed by atoms with Crippen LogP contribution in [0.5, 0.6) is 0 Å². The summed E-state index contributed by atoms with van der Waals surface area (Å²) < 4.78 is 1.44. The van der Waals surface area contributed by atoms with Crippen molar-refractivity contribution in [3.05, 3.63) is 68.7 Å². The van der Waals surface area contributed by atoms with Crippen LogP contribution in [0.15, 0.2) is 36.7 Å². The quantitative estimate of drug-likeness (QED) is 0.657. The Kier molecular flexibility index (Phi) is 5.48. The average molecular weight is 413 g/mol. The summed E-state index contributed by atoms with van der Waals surface area (Å²) in [5, 5.41) is 20.4. The standard InChI is InChI=1S/C17H12Cl3N3O3/c18-11-1-2-13(20)10(4-11)7-23-15(17(25)26)14(8-24)22-16(23)9-3-12(19)6-21-5-9/h1-6,24H,7-8H2,(H,25,26). The molecule has 6 nitrogen and oxygen atoms in total. The zero-order valence-corrected chi connectivity index (χ0v) is 15.4. The first kappa shape index (κ1) is 18.7. The average Bonchev–Trinajstić information content (AvgIpc) is 2.97. The van der Waals surface area contributed by atoms with Crippen molar-refractivity contribution in [3.8, 4) is 11.4 Å². The third kappa shape index (κ3) is 3.68. The molecule has 0 saturated carbocycles. The highest BCUT2D eigenvalue weighted by atomic mass is 35.5. The number of aliphatic hydroxyl groups is 1. The number of nitrogens with zero attached hydrogens (tertiary/aromatic N) is 3. The van der Waals surface area contributed by atoms with Crippen LogP contribution in [-0.2, 0) is 13.2 Å². The van der Waals surface area contributed by atoms with Gasteiger partial charge in [0.1, 0.15) is 5.82 Å². The number of aromatic nitrogens is 3. The maximum Gasteiger partial charge on any atom is 0.354 e. The first-order valence-corrected chi connectivity index (χ1v) is 8.52. The number of halogens is 3. The van der Waals surface area contributed by atoms with Crippen LogP contribution in [0.25, 0.3) is 11.4 Å². The molecule has 0 radical (unpaired) electrons. The number of pyridine rings is 1. The number of hydrogen-bond acceptors (Lipinski definition) is 4. The SMILES string of the molecule is O=C(O)c1c(CO)nc(-c2cncc(Cl)c2)n1Cc1cc(Cl)ccc1Cl. The molecule has 0 fully saturated rings. The summed E-state index contributed by atoms with van der Waals surface area (Å²) in [6.07, 6.45) is 2.97. The van der Waals surface area contributed by atoms with E-state index in [-0.39, 0.29) is 17.9 Å². The Bertz CT molecular complexity index is 989. The van der Waals surface area contributed by atoms with Crippen LogP contribution in [-0.4, -0.2) is 30.7 Å². The molecule has 134 valence electrons. The Morgan fingerprint density at radius 3 is 2.54 bits per heavy atom. The second-order valence-corrected chi connectivity index (χ2v) is 6.69. The molecule has 0 spiro atoms. The Balaban J connectivity index is 2.22. The van der Waals surface area contributed by atoms with E-state index in [1.807, 2.05) is 0 Å². The van der Waals surface area contributed by atoms with Crippen molar-refractivity contribution in [2.45, 2.75) is 13.2 Å². The predicted molar refractivity (Wildman–Crippen MR) is 98.9 cm³/mol. The van der Waals surface area contributed by atoms with Gasteiger partial charge in [0, 0.05) is 28.0 Å². The highest BCUT2D eigenvalue weighted by Gasteiger charge is 2.24. The van der Waals surface area contributed by atoms with Gasteiger partial charge in [0.05, 0.1) is 23.9 Å². The molecule has 0 aliphatic heterocycles. The molecule has 2 aromatic heterocycles. The molecule has 9 heteroatoms. The van der Waals surface area contributed by atoms with Crippen LogP contribution >= 0.6 is 34.8 Å². The molecule has 0 bridgehead atoms. The van der Waals surface area contributed by atoms with Crippen LogP contribution in [0.2, 0.25) is 15.1 Å². The number of carboxylic acid groups (broad SMARTS) is 1. The Labute approximate surface area is 163 Å². The minimum atomic E-state index is -1.22. The fourth-order valence-corrected chi connectivity index (χ4v) is 3.14. The first-order valence-electron chi connectivity index (χ1n) is 7.39. The Morgan fingerprint density at radius 1 is 1.12 bits per heavy atom. The van der Waals surface area contributed by atoms with E-state index in [4.69, 9.17) is 34.8 Å². The molecule has 2 heterocycles. The second-order valence-electron chi connectivity index (χ2n) is 5.41. The molecule has 3 rings (SSSR count). The molecule has 3 aromatic rings. The predicted octanol–water partition coefficient (Wildman–Crippen LogP) is 4.14. The fourth-order valence-electron chi connectivity index (χ4n) is 2.60. The highest BCUT2D eigenvalue weighted by Crippen LogP contribution is 2.28. The number of aromatic carboxylic acids is 1. The molecule has 1 aromatic carbocycles. The summed E-state index contributed by atoms with van der Waals surface area (Å²) in [7, 11) is 0. The van der Waals surface area contributed by atoms with Crippen LogP contribution in [0, 0.1) is 0 Å². The Morgan fingerprint density at radius 2 is 1.88 bits per heavy atom. The van der Waals surface area contributed by atoms with Crippen LogP contribution in [0.3, 0.4) is 0 Å². The number of carbonyl (C=O) groups is 1. The molecular formula is C17H12Cl3N3O3. The Hall–Kier alpha value is -2.12. The van der Waals surface area contributed by atoms with E-state index < -0.39 is 12.6 Å². The van der Waals surface area contributed by atoms with Gasteiger partial charge in [0.15, 0.2) is 5.69 Å². The number of benzene rings is 1. The lowest BCUT2D eigenvalue weighted by Crippen LogP contribution is -2.13. The van der Waals surface area contributed by atoms with Crippen LogP contribution < -0.4 is 0 Å². The van der Waals surface area contributed by atoms with Gasteiger partial charge in [-0.25, -0.2) is 9.78 Å². The van der Waals surface area contributed by atoms with Crippen molar-refractivity contribution in [2.24, 2.45) is 0 Å². The monoisotopic (exact) mass is 411 g/mol. The topological polar surface area (TPSA) is 88.2 Å². The number of imidazole rings is 1. The first-order chi connectivity index (χ1) is 12.4. The van der Waals surface area contributed by atoms with E-state index in [9.17, 15) is 15.0 Å². The van der Waals surface area contributed by atoms with Crippen molar-refractivity contribution in [2.75, 3.05) is 0 Å². The zero-order valence-electron chi connectivity index (χ0n) is 13.2. The maximum atomic E-state index is 11.8. The summed E-state index contributed by atoms with van der Waals surface area (Å²) in [5.74, 6) is -0.918. The van der Waals surface area contributed by atoms with Crippen molar-refractivity contribution in [1.29, 1.82) is 0 Å². The van der Waals surface area contributed by atoms with E-state index >= 15 is 0 Å². The second kappa shape index (κ2) is 7.63. The van der Waals surface area contributed by atoms with Crippen LogP contribution in [0.4, 0.5) is 0 Å². The number of rotatable bonds is 5. The van der Waals surface area contributed by atoms with Gasteiger partial charge in [-0.3, -0.25) is 4.98 Å². The lowest BCUT2D eigenvalue weighted by molar-refractivity contribution is 0.0681. The van der Waals surface area contributed by atoms with Gasteiger partial charge in [-0.2, -0.15) is 0 Å². The summed E-state index contributed by atoms with van der Waals surface area (Å²) >= 11 is 18.2. The largest absolute Gasteiger partial charge is 0.477 e. The minimum Gasteiger partial charge on any atom is -0.477 e. The van der Waals surface area contributed by atoms with Gasteiger partial charge >= 0.3 is 5.97 Å². The van der Waals surface area contributed by atoms with Crippen molar-refractivity contribution >= 4 is 40.8 Å². The van der Waals surface area contributed by atoms with Gasteiger partial charge in [-0.15, -0.1) is 0 Å². The molecule has 0 aliphatic carbocycles. The third-order valence-electron chi connectivity index (χ3n) is 3.69. The molecule has 0 amide bonds. The zero-order chi connectivity index (χ0) is 18.8. The molecule has 26 heavy (non-hydrogen) atoms. The van der Waals surface area contributed by atoms with Crippen LogP contribution in [0.1, 0.15) is 21.7 Å². The number of hydrogen-bond donors (Lipinski definition) is 2. The summed E-state index contributed by atoms with van der Waals surface area (Å²) in [5.41, 5.74) is 1.02. The van der Waals surface area contributed by atoms with E-state index in [1.54, 1.807) is 24.3 Å². The van der Waals surface area contributed by atoms with Crippen molar-refractivity contribution in [1.82, 2.24) is 14.5 Å². The minimum absolute atomic E-state index is 0.0330. The van der Waals surface area contributed by atoms with E-state index in [2.05, 4.69) is 9.97 Å². The lowest BCUT2D eigenvalue weighted by atomic mass is 10.2. The fraction of sp³-hybridized carbons (Fsp3) is 0.118. The molecule has 0 saturated heterocycles. The lowest BCUT2D eigenvalue weighted by Gasteiger charge is -2.12. The van der Waals surface area contributed by atoms with Gasteiger partial charge in [0.2, 0.25) is 0 Å². The van der Waals surface area contributed by atoms with Gasteiger partial charge in [-0.05, 0) is 29.8 Å². The molecule has 2 N–H and O–H groups in total. The molecule has 0 unspecified atom stereocenters. The normalized spacial score (nSPS) is 10.9. The smallest absolute Gasteiger partial charge is 0.354 e. The number of carboxylic acids is 1. The van der Waals surface area contributed by atoms with E-state index in [0.717, 1.165) is 0 Å². The maximum absolute atomic E-state index is 11.8. The van der Waals surface area contributed by atoms with Gasteiger partial charge in [0.25, 0.3) is 0 Å². The van der Waals surface area contributed by atoms with Crippen molar-refractivity contribution in [3.63, 3.8) is 0 Å². The number of aliphatic hydroxyl groups excluding tert-OH is 1. The van der Waals surface area contributed by atoms with Gasteiger partial charge in [-0.1, -0.05) is 34.8 Å². The molecule has 0 atom stereocenters. The summed E-state index contributed by atoms with van der Waals surface area (Å²) in [4.78, 5) is 20.1. The van der Waals surface area contributed by atoms with E-state index in [0.29, 0.717) is 32.0 Å². The summed E-state index contributed by atoms with van der Waals surface area (Å²) in [6.45, 7) is -0.436. The van der Waals surface area contributed by atoms with E-state index in [1.165, 1.54) is 17.0 Å². The molecular weight excluding hydrogens is 401 g/mol. The van der Waals surface area contributed by atoms with Gasteiger partial charge < -0.3 is 14.8 Å². The summed E-state index contributed by atoms with van der Waals surface area (Å²) in [6, 6.07) is 6.53. The molecule has 0 aliphatic rings. The third-order valence-corrected chi connectivity index (χ3v) is 4.50. The van der Waals surface area contributed by atoms with Crippen molar-refractivity contribution < 1.29 is 15.0 Å².